The number of amides is 2. The van der Waals surface area contributed by atoms with Crippen molar-refractivity contribution in [2.75, 3.05) is 16.4 Å². The Balaban J connectivity index is 1.39. The molecule has 0 aromatic heterocycles. The minimum absolute atomic E-state index is 0.128. The Bertz CT molecular complexity index is 1690. The number of nitrogens with two attached hydrogens (primary N) is 1. The van der Waals surface area contributed by atoms with Crippen LogP contribution in [0, 0.1) is 0 Å². The molecular weight excluding hydrogens is 490 g/mol. The number of carbonyl (C=O) groups excluding carboxylic acids is 2. The second-order valence-corrected chi connectivity index (χ2v) is 8.98. The Morgan fingerprint density at radius 2 is 1.44 bits per heavy atom. The smallest absolute Gasteiger partial charge is 0.412 e. The first-order chi connectivity index (χ1) is 19.0. The maximum absolute atomic E-state index is 13.1. The summed E-state index contributed by atoms with van der Waals surface area (Å²) >= 11 is 0. The maximum atomic E-state index is 13.1. The summed E-state index contributed by atoms with van der Waals surface area (Å²) in [6.45, 7) is 0. The van der Waals surface area contributed by atoms with Crippen LogP contribution in [0.1, 0.15) is 18.1 Å². The van der Waals surface area contributed by atoms with E-state index in [-0.39, 0.29) is 18.1 Å². The monoisotopic (exact) mass is 517 g/mol. The minimum atomic E-state index is -0.740. The Kier molecular flexibility index (Phi) is 7.41. The normalized spacial score (nSPS) is 11.9. The van der Waals surface area contributed by atoms with Gasteiger partial charge in [-0.05, 0) is 41.1 Å². The predicted molar refractivity (Wildman–Crippen MR) is 156 cm³/mol. The van der Waals surface area contributed by atoms with E-state index >= 15 is 0 Å². The van der Waals surface area contributed by atoms with Crippen LogP contribution in [-0.4, -0.2) is 17.1 Å². The van der Waals surface area contributed by atoms with Gasteiger partial charge in [0.15, 0.2) is 0 Å². The summed E-state index contributed by atoms with van der Waals surface area (Å²) in [6.07, 6.45) is 1.87. The number of nitrogen functional groups attached to an aromatic ring is 1. The number of carbonyl (C=O) groups is 2. The molecule has 5 aromatic carbocycles. The molecule has 0 aliphatic heterocycles. The quantitative estimate of drug-likeness (QED) is 0.135. The van der Waals surface area contributed by atoms with Crippen molar-refractivity contribution in [2.24, 2.45) is 0 Å². The van der Waals surface area contributed by atoms with E-state index in [1.54, 1.807) is 48.5 Å². The van der Waals surface area contributed by atoms with Gasteiger partial charge in [-0.3, -0.25) is 10.1 Å². The van der Waals surface area contributed by atoms with E-state index in [1.807, 2.05) is 60.7 Å². The number of nitrogens with one attached hydrogen (secondary N) is 2. The summed E-state index contributed by atoms with van der Waals surface area (Å²) in [5.74, 6) is -0.230. The zero-order chi connectivity index (χ0) is 27.2. The molecule has 5 aromatic rings. The van der Waals surface area contributed by atoms with E-state index in [0.29, 0.717) is 28.0 Å². The van der Waals surface area contributed by atoms with Crippen molar-refractivity contribution >= 4 is 50.6 Å². The summed E-state index contributed by atoms with van der Waals surface area (Å²) < 4.78 is 5.92. The van der Waals surface area contributed by atoms with E-state index in [1.165, 1.54) is 6.08 Å². The Hall–Kier alpha value is -5.30. The lowest BCUT2D eigenvalue weighted by atomic mass is 9.97. The molecule has 7 heteroatoms. The van der Waals surface area contributed by atoms with Crippen molar-refractivity contribution < 1.29 is 19.4 Å². The largest absolute Gasteiger partial charge is 0.507 e. The van der Waals surface area contributed by atoms with Gasteiger partial charge in [-0.15, -0.1) is 0 Å². The SMILES string of the molecule is Nc1ccccc1NC(=O)/C=C/C[C@H](OC(=O)Nc1cccc2ccccc12)c1ccc(O)c2ccccc12. The predicted octanol–water partition coefficient (Wildman–Crippen LogP) is 7.16. The molecule has 0 fully saturated rings. The average Bonchev–Trinajstić information content (AvgIpc) is 2.94. The second kappa shape index (κ2) is 11.4. The zero-order valence-electron chi connectivity index (χ0n) is 21.0. The Morgan fingerprint density at radius 3 is 2.26 bits per heavy atom. The van der Waals surface area contributed by atoms with E-state index < -0.39 is 12.2 Å². The summed E-state index contributed by atoms with van der Waals surface area (Å²) in [5, 5.41) is 19.2. The van der Waals surface area contributed by atoms with Crippen molar-refractivity contribution in [3.63, 3.8) is 0 Å². The number of anilines is 3. The van der Waals surface area contributed by atoms with Gasteiger partial charge in [0.2, 0.25) is 5.91 Å². The van der Waals surface area contributed by atoms with Crippen LogP contribution in [0.15, 0.2) is 115 Å². The average molecular weight is 518 g/mol. The van der Waals surface area contributed by atoms with Crippen LogP contribution < -0.4 is 16.4 Å². The second-order valence-electron chi connectivity index (χ2n) is 8.98. The van der Waals surface area contributed by atoms with Crippen LogP contribution in [0.5, 0.6) is 5.75 Å². The highest BCUT2D eigenvalue weighted by molar-refractivity contribution is 6.01. The van der Waals surface area contributed by atoms with Gasteiger partial charge in [-0.1, -0.05) is 84.9 Å². The molecule has 0 heterocycles. The molecule has 0 aliphatic rings. The highest BCUT2D eigenvalue weighted by Gasteiger charge is 2.20. The van der Waals surface area contributed by atoms with Crippen LogP contribution in [0.4, 0.5) is 21.9 Å². The number of phenols is 1. The molecule has 39 heavy (non-hydrogen) atoms. The van der Waals surface area contributed by atoms with E-state index in [0.717, 1.165) is 16.2 Å². The number of phenolic OH excluding ortho intramolecular Hbond substituents is 1. The van der Waals surface area contributed by atoms with Gasteiger partial charge in [0.1, 0.15) is 11.9 Å². The molecule has 0 saturated carbocycles. The molecule has 5 N–H and O–H groups in total. The minimum Gasteiger partial charge on any atom is -0.507 e. The molecule has 1 atom stereocenters. The number of rotatable bonds is 7. The zero-order valence-corrected chi connectivity index (χ0v) is 21.0. The fourth-order valence-corrected chi connectivity index (χ4v) is 4.51. The molecule has 5 rings (SSSR count). The van der Waals surface area contributed by atoms with Crippen molar-refractivity contribution in [2.45, 2.75) is 12.5 Å². The first-order valence-electron chi connectivity index (χ1n) is 12.5. The highest BCUT2D eigenvalue weighted by Crippen LogP contribution is 2.34. The van der Waals surface area contributed by atoms with Gasteiger partial charge in [0.05, 0.1) is 17.1 Å². The van der Waals surface area contributed by atoms with Crippen LogP contribution in [0.25, 0.3) is 21.5 Å². The Morgan fingerprint density at radius 1 is 0.769 bits per heavy atom. The van der Waals surface area contributed by atoms with Crippen LogP contribution in [0.2, 0.25) is 0 Å². The molecule has 0 unspecified atom stereocenters. The maximum Gasteiger partial charge on any atom is 0.412 e. The van der Waals surface area contributed by atoms with Gasteiger partial charge >= 0.3 is 6.09 Å². The molecule has 0 radical (unpaired) electrons. The van der Waals surface area contributed by atoms with E-state index in [9.17, 15) is 14.7 Å². The number of fused-ring (bicyclic) bond motifs is 2. The fraction of sp³-hybridized carbons (Fsp3) is 0.0625. The van der Waals surface area contributed by atoms with Crippen LogP contribution in [-0.2, 0) is 9.53 Å². The number of hydrogen-bond acceptors (Lipinski definition) is 5. The molecule has 0 aliphatic carbocycles. The number of benzene rings is 5. The molecule has 7 nitrogen and oxygen atoms in total. The number of aromatic hydroxyl groups is 1. The van der Waals surface area contributed by atoms with Crippen molar-refractivity contribution in [3.05, 3.63) is 121 Å². The summed E-state index contributed by atoms with van der Waals surface area (Å²) in [7, 11) is 0. The van der Waals surface area contributed by atoms with Crippen LogP contribution in [0.3, 0.4) is 0 Å². The lowest BCUT2D eigenvalue weighted by Crippen LogP contribution is -2.18. The molecule has 194 valence electrons. The first kappa shape index (κ1) is 25.4. The fourth-order valence-electron chi connectivity index (χ4n) is 4.51. The summed E-state index contributed by atoms with van der Waals surface area (Å²) in [4.78, 5) is 25.6. The first-order valence-corrected chi connectivity index (χ1v) is 12.5. The van der Waals surface area contributed by atoms with Gasteiger partial charge in [0, 0.05) is 22.8 Å². The lowest BCUT2D eigenvalue weighted by Gasteiger charge is -2.20. The highest BCUT2D eigenvalue weighted by atomic mass is 16.6. The summed E-state index contributed by atoms with van der Waals surface area (Å²) in [5.41, 5.74) is 8.22. The van der Waals surface area contributed by atoms with Crippen molar-refractivity contribution in [1.29, 1.82) is 0 Å². The van der Waals surface area contributed by atoms with Crippen LogP contribution >= 0.6 is 0 Å². The number of ether oxygens (including phenoxy) is 1. The summed E-state index contributed by atoms with van der Waals surface area (Å²) in [6, 6.07) is 31.0. The van der Waals surface area contributed by atoms with E-state index in [2.05, 4.69) is 10.6 Å². The van der Waals surface area contributed by atoms with Gasteiger partial charge in [-0.25, -0.2) is 4.79 Å². The third-order valence-electron chi connectivity index (χ3n) is 6.40. The lowest BCUT2D eigenvalue weighted by molar-refractivity contribution is -0.111. The van der Waals surface area contributed by atoms with Gasteiger partial charge in [-0.2, -0.15) is 0 Å². The third kappa shape index (κ3) is 5.83. The standard InChI is InChI=1S/C32H27N3O4/c33-26-14-5-6-15-28(26)34-31(37)18-8-17-30(25-19-20-29(36)24-13-4-3-12-23(24)25)39-32(38)35-27-16-7-10-21-9-1-2-11-22(21)27/h1-16,18-20,30,36H,17,33H2,(H,34,37)(H,35,38)/b18-8+/t30-/m0/s1. The topological polar surface area (TPSA) is 114 Å². The van der Waals surface area contributed by atoms with E-state index in [4.69, 9.17) is 10.5 Å². The molecule has 0 bridgehead atoms. The van der Waals surface area contributed by atoms with Gasteiger partial charge < -0.3 is 20.9 Å². The molecule has 0 saturated heterocycles. The van der Waals surface area contributed by atoms with Crippen molar-refractivity contribution in [1.82, 2.24) is 0 Å². The number of para-hydroxylation sites is 2. The molecular formula is C32H27N3O4. The number of hydrogen-bond donors (Lipinski definition) is 4. The third-order valence-corrected chi connectivity index (χ3v) is 6.40. The molecule has 2 amide bonds. The molecule has 0 spiro atoms. The Labute approximate surface area is 225 Å². The van der Waals surface area contributed by atoms with Crippen molar-refractivity contribution in [3.8, 4) is 5.75 Å². The van der Waals surface area contributed by atoms with Gasteiger partial charge in [0.25, 0.3) is 0 Å².